The fraction of sp³-hybridized carbons (Fsp3) is 0.440. The number of carbonyl (C=O) groups excluding carboxylic acids is 1. The SMILES string of the molecule is CC1(C)C[C@@H]2C[C@](C)(CN2Cn2c(O)c(N=NC(=O)c3ccncc3)c3cc(Br)ccc32)C1. The number of likely N-dealkylation sites (tertiary alicyclic amines) is 1. The number of amides is 1. The van der Waals surface area contributed by atoms with Crippen LogP contribution in [0.2, 0.25) is 0 Å². The second kappa shape index (κ2) is 8.02. The average molecular weight is 510 g/mol. The zero-order valence-corrected chi connectivity index (χ0v) is 20.7. The van der Waals surface area contributed by atoms with Crippen molar-refractivity contribution in [2.75, 3.05) is 6.54 Å². The van der Waals surface area contributed by atoms with Crippen molar-refractivity contribution >= 4 is 38.4 Å². The lowest BCUT2D eigenvalue weighted by Gasteiger charge is -2.40. The van der Waals surface area contributed by atoms with Crippen LogP contribution in [-0.4, -0.2) is 38.1 Å². The van der Waals surface area contributed by atoms with E-state index in [1.165, 1.54) is 25.2 Å². The van der Waals surface area contributed by atoms with E-state index in [0.29, 0.717) is 34.8 Å². The number of fused-ring (bicyclic) bond motifs is 3. The number of rotatable bonds is 4. The van der Waals surface area contributed by atoms with Crippen LogP contribution in [0.5, 0.6) is 5.88 Å². The van der Waals surface area contributed by atoms with Crippen molar-refractivity contribution in [1.29, 1.82) is 0 Å². The lowest BCUT2D eigenvalue weighted by molar-refractivity contribution is 0.0995. The molecule has 0 spiro atoms. The second-order valence-corrected chi connectivity index (χ2v) is 11.5. The van der Waals surface area contributed by atoms with Crippen molar-refractivity contribution in [2.45, 2.75) is 52.7 Å². The summed E-state index contributed by atoms with van der Waals surface area (Å²) in [6.45, 7) is 8.69. The van der Waals surface area contributed by atoms with Gasteiger partial charge in [0.05, 0.1) is 12.2 Å². The van der Waals surface area contributed by atoms with Gasteiger partial charge in [-0.15, -0.1) is 10.2 Å². The average Bonchev–Trinajstić information content (AvgIpc) is 3.15. The van der Waals surface area contributed by atoms with Gasteiger partial charge in [-0.3, -0.25) is 19.2 Å². The maximum Gasteiger partial charge on any atom is 0.295 e. The lowest BCUT2D eigenvalue weighted by Crippen LogP contribution is -2.35. The Balaban J connectivity index is 1.50. The van der Waals surface area contributed by atoms with E-state index in [0.717, 1.165) is 28.3 Å². The number of nitrogens with zero attached hydrogens (tertiary/aromatic N) is 5. The van der Waals surface area contributed by atoms with E-state index in [1.807, 2.05) is 22.8 Å². The zero-order valence-electron chi connectivity index (χ0n) is 19.1. The highest BCUT2D eigenvalue weighted by molar-refractivity contribution is 9.10. The summed E-state index contributed by atoms with van der Waals surface area (Å²) >= 11 is 3.51. The number of hydrogen-bond acceptors (Lipinski definition) is 5. The first-order valence-corrected chi connectivity index (χ1v) is 12.0. The van der Waals surface area contributed by atoms with Crippen molar-refractivity contribution in [1.82, 2.24) is 14.5 Å². The molecule has 3 heterocycles. The number of benzene rings is 1. The van der Waals surface area contributed by atoms with Crippen molar-refractivity contribution < 1.29 is 9.90 Å². The van der Waals surface area contributed by atoms with Gasteiger partial charge in [0.25, 0.3) is 5.91 Å². The van der Waals surface area contributed by atoms with Gasteiger partial charge in [0.2, 0.25) is 5.88 Å². The molecule has 33 heavy (non-hydrogen) atoms. The van der Waals surface area contributed by atoms with Crippen LogP contribution in [0.1, 0.15) is 50.4 Å². The number of carbonyl (C=O) groups is 1. The van der Waals surface area contributed by atoms with E-state index in [1.54, 1.807) is 12.1 Å². The van der Waals surface area contributed by atoms with Gasteiger partial charge in [-0.1, -0.05) is 36.7 Å². The van der Waals surface area contributed by atoms with Crippen molar-refractivity contribution in [2.24, 2.45) is 21.1 Å². The summed E-state index contributed by atoms with van der Waals surface area (Å²) in [5.41, 5.74) is 2.20. The number of aromatic hydroxyl groups is 1. The molecule has 8 heteroatoms. The molecule has 1 aliphatic heterocycles. The quantitative estimate of drug-likeness (QED) is 0.419. The molecule has 0 radical (unpaired) electrons. The summed E-state index contributed by atoms with van der Waals surface area (Å²) in [6.07, 6.45) is 6.64. The minimum absolute atomic E-state index is 0.0280. The highest BCUT2D eigenvalue weighted by atomic mass is 79.9. The fourth-order valence-corrected chi connectivity index (χ4v) is 6.47. The van der Waals surface area contributed by atoms with Crippen LogP contribution in [0.3, 0.4) is 0 Å². The molecule has 1 aliphatic carbocycles. The van der Waals surface area contributed by atoms with E-state index in [9.17, 15) is 9.90 Å². The van der Waals surface area contributed by atoms with E-state index in [2.05, 4.69) is 56.8 Å². The van der Waals surface area contributed by atoms with Gasteiger partial charge in [-0.05, 0) is 60.4 Å². The van der Waals surface area contributed by atoms with Gasteiger partial charge in [-0.25, -0.2) is 0 Å². The molecule has 2 fully saturated rings. The molecule has 2 atom stereocenters. The van der Waals surface area contributed by atoms with Crippen LogP contribution in [0, 0.1) is 10.8 Å². The van der Waals surface area contributed by atoms with Gasteiger partial charge >= 0.3 is 0 Å². The molecule has 2 bridgehead atoms. The molecule has 1 aromatic carbocycles. The van der Waals surface area contributed by atoms with Gasteiger partial charge < -0.3 is 5.11 Å². The standard InChI is InChI=1S/C25H28BrN5O2/c1-24(2)11-18-12-25(3,13-24)14-30(18)15-31-20-5-4-17(26)10-19(20)21(23(31)33)28-29-22(32)16-6-8-27-9-7-16/h4-10,18,33H,11-15H2,1-3H3/t18-,25+/m1/s1. The van der Waals surface area contributed by atoms with Gasteiger partial charge in [-0.2, -0.15) is 0 Å². The third kappa shape index (κ3) is 4.22. The fourth-order valence-electron chi connectivity index (χ4n) is 6.11. The topological polar surface area (TPSA) is 83.1 Å². The number of hydrogen-bond donors (Lipinski definition) is 1. The molecular weight excluding hydrogens is 482 g/mol. The molecule has 1 saturated heterocycles. The normalized spacial score (nSPS) is 24.7. The first-order valence-electron chi connectivity index (χ1n) is 11.3. The molecule has 2 aromatic heterocycles. The predicted molar refractivity (Wildman–Crippen MR) is 131 cm³/mol. The second-order valence-electron chi connectivity index (χ2n) is 10.6. The van der Waals surface area contributed by atoms with E-state index in [4.69, 9.17) is 0 Å². The molecule has 0 unspecified atom stereocenters. The Morgan fingerprint density at radius 3 is 2.73 bits per heavy atom. The Bertz CT molecular complexity index is 1250. The molecule has 2 aliphatic rings. The Morgan fingerprint density at radius 1 is 1.21 bits per heavy atom. The maximum absolute atomic E-state index is 12.4. The minimum atomic E-state index is -0.476. The third-order valence-corrected chi connectivity index (χ3v) is 7.48. The summed E-state index contributed by atoms with van der Waals surface area (Å²) in [5.74, 6) is -0.448. The van der Waals surface area contributed by atoms with Crippen LogP contribution < -0.4 is 0 Å². The molecule has 5 rings (SSSR count). The summed E-state index contributed by atoms with van der Waals surface area (Å²) in [7, 11) is 0. The molecule has 3 aromatic rings. The largest absolute Gasteiger partial charge is 0.493 e. The zero-order chi connectivity index (χ0) is 23.4. The Hall–Kier alpha value is -2.58. The number of aromatic nitrogens is 2. The van der Waals surface area contributed by atoms with E-state index >= 15 is 0 Å². The van der Waals surface area contributed by atoms with Gasteiger partial charge in [0.15, 0.2) is 5.69 Å². The number of azo groups is 1. The smallest absolute Gasteiger partial charge is 0.295 e. The Labute approximate surface area is 201 Å². The summed E-state index contributed by atoms with van der Waals surface area (Å²) in [5, 5.41) is 20.0. The maximum atomic E-state index is 12.4. The molecule has 172 valence electrons. The van der Waals surface area contributed by atoms with Crippen LogP contribution in [0.25, 0.3) is 10.9 Å². The molecular formula is C25H28BrN5O2. The van der Waals surface area contributed by atoms with Crippen LogP contribution in [0.4, 0.5) is 5.69 Å². The summed E-state index contributed by atoms with van der Waals surface area (Å²) in [4.78, 5) is 18.9. The van der Waals surface area contributed by atoms with Crippen molar-refractivity contribution in [3.05, 3.63) is 52.8 Å². The molecule has 1 N–H and O–H groups in total. The third-order valence-electron chi connectivity index (χ3n) is 6.99. The predicted octanol–water partition coefficient (Wildman–Crippen LogP) is 6.29. The Kier molecular flexibility index (Phi) is 5.40. The number of halogens is 1. The van der Waals surface area contributed by atoms with Gasteiger partial charge in [0.1, 0.15) is 0 Å². The van der Waals surface area contributed by atoms with E-state index in [-0.39, 0.29) is 5.88 Å². The molecule has 7 nitrogen and oxygen atoms in total. The van der Waals surface area contributed by atoms with Crippen LogP contribution in [0.15, 0.2) is 57.4 Å². The minimum Gasteiger partial charge on any atom is -0.493 e. The van der Waals surface area contributed by atoms with Crippen molar-refractivity contribution in [3.8, 4) is 5.88 Å². The Morgan fingerprint density at radius 2 is 1.97 bits per heavy atom. The summed E-state index contributed by atoms with van der Waals surface area (Å²) in [6, 6.07) is 9.50. The molecule has 1 saturated carbocycles. The summed E-state index contributed by atoms with van der Waals surface area (Å²) < 4.78 is 2.76. The monoisotopic (exact) mass is 509 g/mol. The van der Waals surface area contributed by atoms with E-state index < -0.39 is 5.91 Å². The highest BCUT2D eigenvalue weighted by Gasteiger charge is 2.49. The van der Waals surface area contributed by atoms with Crippen molar-refractivity contribution in [3.63, 3.8) is 0 Å². The number of pyridine rings is 1. The molecule has 1 amide bonds. The highest BCUT2D eigenvalue weighted by Crippen LogP contribution is 2.53. The van der Waals surface area contributed by atoms with Crippen LogP contribution >= 0.6 is 15.9 Å². The lowest BCUT2D eigenvalue weighted by atomic mass is 9.65. The van der Waals surface area contributed by atoms with Gasteiger partial charge in [0, 0.05) is 40.4 Å². The van der Waals surface area contributed by atoms with Crippen LogP contribution in [-0.2, 0) is 6.67 Å². The first kappa shape index (κ1) is 22.2. The first-order chi connectivity index (χ1) is 15.6.